The van der Waals surface area contributed by atoms with Crippen LogP contribution in [0.25, 0.3) is 0 Å². The molecule has 1 aromatic rings. The molecule has 0 radical (unpaired) electrons. The van der Waals surface area contributed by atoms with Crippen LogP contribution in [0.1, 0.15) is 18.0 Å². The first-order valence-electron chi connectivity index (χ1n) is 4.44. The van der Waals surface area contributed by atoms with Crippen LogP contribution in [0, 0.1) is 5.82 Å². The summed E-state index contributed by atoms with van der Waals surface area (Å²) in [6, 6.07) is 6.10. The van der Waals surface area contributed by atoms with Crippen molar-refractivity contribution in [3.8, 4) is 0 Å². The van der Waals surface area contributed by atoms with Crippen LogP contribution < -0.4 is 5.32 Å². The maximum absolute atomic E-state index is 12.9. The van der Waals surface area contributed by atoms with Crippen LogP contribution in [-0.2, 0) is 4.74 Å². The van der Waals surface area contributed by atoms with E-state index in [-0.39, 0.29) is 24.3 Å². The number of ether oxygens (including phenoxy) is 1. The van der Waals surface area contributed by atoms with Crippen LogP contribution in [0.3, 0.4) is 0 Å². The van der Waals surface area contributed by atoms with Gasteiger partial charge in [-0.25, -0.2) is 9.18 Å². The first-order chi connectivity index (χ1) is 6.75. The van der Waals surface area contributed by atoms with Crippen molar-refractivity contribution < 1.29 is 13.9 Å². The smallest absolute Gasteiger partial charge is 0.407 e. The second-order valence-electron chi connectivity index (χ2n) is 3.18. The van der Waals surface area contributed by atoms with Gasteiger partial charge in [0.1, 0.15) is 5.82 Å². The Labute approximate surface area is 93.0 Å². The van der Waals surface area contributed by atoms with Gasteiger partial charge < -0.3 is 10.1 Å². The minimum atomic E-state index is -0.439. The molecule has 15 heavy (non-hydrogen) atoms. The lowest BCUT2D eigenvalue weighted by molar-refractivity contribution is 0.115. The zero-order valence-corrected chi connectivity index (χ0v) is 8.72. The third kappa shape index (κ3) is 2.83. The number of benzene rings is 1. The van der Waals surface area contributed by atoms with Crippen LogP contribution in [0.15, 0.2) is 24.3 Å². The number of carbonyl (C=O) groups excluding carboxylic acids is 1. The Kier molecular flexibility index (Phi) is 3.91. The van der Waals surface area contributed by atoms with Gasteiger partial charge in [0.25, 0.3) is 0 Å². The molecule has 1 aliphatic heterocycles. The predicted molar refractivity (Wildman–Crippen MR) is 55.5 cm³/mol. The summed E-state index contributed by atoms with van der Waals surface area (Å²) < 4.78 is 17.6. The van der Waals surface area contributed by atoms with E-state index in [0.29, 0.717) is 13.0 Å². The van der Waals surface area contributed by atoms with E-state index in [4.69, 9.17) is 4.74 Å². The van der Waals surface area contributed by atoms with Crippen LogP contribution in [-0.4, -0.2) is 12.7 Å². The summed E-state index contributed by atoms with van der Waals surface area (Å²) in [7, 11) is 0. The van der Waals surface area contributed by atoms with Gasteiger partial charge >= 0.3 is 6.09 Å². The van der Waals surface area contributed by atoms with E-state index < -0.39 is 6.09 Å². The molecule has 2 rings (SSSR count). The van der Waals surface area contributed by atoms with Gasteiger partial charge in [0.05, 0.1) is 12.6 Å². The molecule has 0 bridgehead atoms. The summed E-state index contributed by atoms with van der Waals surface area (Å²) >= 11 is 0. The molecule has 1 N–H and O–H groups in total. The minimum Gasteiger partial charge on any atom is -0.449 e. The normalized spacial score (nSPS) is 19.8. The third-order valence-corrected chi connectivity index (χ3v) is 2.18. The Morgan fingerprint density at radius 1 is 1.47 bits per heavy atom. The highest BCUT2D eigenvalue weighted by molar-refractivity contribution is 5.85. The van der Waals surface area contributed by atoms with Crippen molar-refractivity contribution in [1.29, 1.82) is 0 Å². The number of halogens is 2. The topological polar surface area (TPSA) is 38.3 Å². The van der Waals surface area contributed by atoms with E-state index in [1.54, 1.807) is 12.1 Å². The second-order valence-corrected chi connectivity index (χ2v) is 3.18. The Morgan fingerprint density at radius 3 is 2.93 bits per heavy atom. The van der Waals surface area contributed by atoms with Gasteiger partial charge in [0.2, 0.25) is 0 Å². The number of cyclic esters (lactones) is 1. The lowest BCUT2D eigenvalue weighted by Gasteiger charge is -2.23. The second kappa shape index (κ2) is 4.98. The Morgan fingerprint density at radius 2 is 2.27 bits per heavy atom. The first kappa shape index (κ1) is 11.8. The Balaban J connectivity index is 0.00000112. The van der Waals surface area contributed by atoms with Gasteiger partial charge in [0.15, 0.2) is 0 Å². The fraction of sp³-hybridized carbons (Fsp3) is 0.300. The number of hydrogen-bond acceptors (Lipinski definition) is 2. The largest absolute Gasteiger partial charge is 0.449 e. The fourth-order valence-electron chi connectivity index (χ4n) is 1.50. The maximum atomic E-state index is 12.9. The van der Waals surface area contributed by atoms with E-state index in [1.165, 1.54) is 12.1 Å². The zero-order chi connectivity index (χ0) is 9.97. The standard InChI is InChI=1S/C10H10FNO2.ClH/c11-8-3-1-2-7(6-8)9-4-5-14-10(13)12-9;/h1-3,6,9H,4-5H2,(H,12,13);1H/t9-;/m0./s1. The van der Waals surface area contributed by atoms with Crippen LogP contribution in [0.5, 0.6) is 0 Å². The first-order valence-corrected chi connectivity index (χ1v) is 4.44. The van der Waals surface area contributed by atoms with Crippen LogP contribution in [0.2, 0.25) is 0 Å². The van der Waals surface area contributed by atoms with Crippen LogP contribution >= 0.6 is 12.4 Å². The van der Waals surface area contributed by atoms with E-state index in [0.717, 1.165) is 5.56 Å². The van der Waals surface area contributed by atoms with Crippen molar-refractivity contribution >= 4 is 18.5 Å². The molecular weight excluding hydrogens is 221 g/mol. The van der Waals surface area contributed by atoms with Gasteiger partial charge in [-0.1, -0.05) is 12.1 Å². The predicted octanol–water partition coefficient (Wildman–Crippen LogP) is 2.42. The zero-order valence-electron chi connectivity index (χ0n) is 7.90. The highest BCUT2D eigenvalue weighted by Gasteiger charge is 2.20. The molecule has 1 atom stereocenters. The van der Waals surface area contributed by atoms with E-state index in [1.807, 2.05) is 0 Å². The summed E-state index contributed by atoms with van der Waals surface area (Å²) in [6.45, 7) is 0.382. The van der Waals surface area contributed by atoms with Crippen molar-refractivity contribution in [2.75, 3.05) is 6.61 Å². The van der Waals surface area contributed by atoms with Crippen molar-refractivity contribution in [1.82, 2.24) is 5.32 Å². The van der Waals surface area contributed by atoms with Crippen molar-refractivity contribution in [3.63, 3.8) is 0 Å². The van der Waals surface area contributed by atoms with Gasteiger partial charge in [-0.05, 0) is 17.7 Å². The van der Waals surface area contributed by atoms with E-state index >= 15 is 0 Å². The molecule has 82 valence electrons. The van der Waals surface area contributed by atoms with E-state index in [9.17, 15) is 9.18 Å². The molecule has 1 aliphatic rings. The van der Waals surface area contributed by atoms with E-state index in [2.05, 4.69) is 5.32 Å². The molecule has 0 aliphatic carbocycles. The molecule has 0 unspecified atom stereocenters. The van der Waals surface area contributed by atoms with Crippen molar-refractivity contribution in [2.45, 2.75) is 12.5 Å². The lowest BCUT2D eigenvalue weighted by atomic mass is 10.0. The summed E-state index contributed by atoms with van der Waals surface area (Å²) in [5.41, 5.74) is 0.779. The van der Waals surface area contributed by atoms with Crippen molar-refractivity contribution in [3.05, 3.63) is 35.6 Å². The molecule has 1 heterocycles. The molecule has 5 heteroatoms. The fourth-order valence-corrected chi connectivity index (χ4v) is 1.50. The van der Waals surface area contributed by atoms with Crippen LogP contribution in [0.4, 0.5) is 9.18 Å². The molecule has 0 aromatic heterocycles. The third-order valence-electron chi connectivity index (χ3n) is 2.18. The highest BCUT2D eigenvalue weighted by atomic mass is 35.5. The number of nitrogens with one attached hydrogen (secondary N) is 1. The molecule has 1 amide bonds. The van der Waals surface area contributed by atoms with Crippen molar-refractivity contribution in [2.24, 2.45) is 0 Å². The van der Waals surface area contributed by atoms with Gasteiger partial charge in [-0.3, -0.25) is 0 Å². The summed E-state index contributed by atoms with van der Waals surface area (Å²) in [5, 5.41) is 2.63. The quantitative estimate of drug-likeness (QED) is 0.806. The maximum Gasteiger partial charge on any atom is 0.407 e. The minimum absolute atomic E-state index is 0. The molecular formula is C10H11ClFNO2. The molecule has 1 saturated heterocycles. The number of amides is 1. The summed E-state index contributed by atoms with van der Waals surface area (Å²) in [4.78, 5) is 10.9. The molecule has 3 nitrogen and oxygen atoms in total. The summed E-state index contributed by atoms with van der Waals surface area (Å²) in [5.74, 6) is -0.289. The average Bonchev–Trinajstić information content (AvgIpc) is 2.18. The Bertz CT molecular complexity index is 359. The molecule has 1 aromatic carbocycles. The number of hydrogen-bond donors (Lipinski definition) is 1. The molecule has 0 spiro atoms. The number of rotatable bonds is 1. The average molecular weight is 232 g/mol. The van der Waals surface area contributed by atoms with Gasteiger partial charge in [-0.2, -0.15) is 0 Å². The van der Waals surface area contributed by atoms with Gasteiger partial charge in [-0.15, -0.1) is 12.4 Å². The Hall–Kier alpha value is -1.29. The number of alkyl carbamates (subject to hydrolysis) is 1. The number of carbonyl (C=O) groups is 1. The summed E-state index contributed by atoms with van der Waals surface area (Å²) in [6.07, 6.45) is 0.236. The van der Waals surface area contributed by atoms with Gasteiger partial charge in [0, 0.05) is 6.42 Å². The highest BCUT2D eigenvalue weighted by Crippen LogP contribution is 2.20. The molecule has 0 saturated carbocycles. The SMILES string of the molecule is Cl.O=C1N[C@H](c2cccc(F)c2)CCO1. The monoisotopic (exact) mass is 231 g/mol. The lowest BCUT2D eigenvalue weighted by Crippen LogP contribution is -2.35. The molecule has 1 fully saturated rings.